The quantitative estimate of drug-likeness (QED) is 0.775. The Kier molecular flexibility index (Phi) is 6.22. The highest BCUT2D eigenvalue weighted by atomic mass is 32.2. The maximum Gasteiger partial charge on any atom is 0.119 e. The van der Waals surface area contributed by atoms with Crippen molar-refractivity contribution in [2.24, 2.45) is 11.5 Å². The maximum absolute atomic E-state index is 5.82. The van der Waals surface area contributed by atoms with Crippen LogP contribution in [0.15, 0.2) is 59.6 Å². The molecule has 1 aliphatic rings. The molecule has 132 valence electrons. The summed E-state index contributed by atoms with van der Waals surface area (Å²) in [5, 5.41) is 0. The van der Waals surface area contributed by atoms with Crippen LogP contribution in [0.5, 0.6) is 5.75 Å². The van der Waals surface area contributed by atoms with Crippen LogP contribution in [0, 0.1) is 0 Å². The van der Waals surface area contributed by atoms with Crippen LogP contribution in [-0.4, -0.2) is 30.6 Å². The van der Waals surface area contributed by atoms with Crippen LogP contribution < -0.4 is 16.2 Å². The lowest BCUT2D eigenvalue weighted by atomic mass is 10.1. The molecular formula is C19H23N3O2S. The number of hydrogen-bond donors (Lipinski definition) is 2. The zero-order valence-electron chi connectivity index (χ0n) is 14.1. The van der Waals surface area contributed by atoms with Crippen molar-refractivity contribution in [3.63, 3.8) is 0 Å². The van der Waals surface area contributed by atoms with Gasteiger partial charge in [0.25, 0.3) is 0 Å². The van der Waals surface area contributed by atoms with E-state index < -0.39 is 0 Å². The molecule has 25 heavy (non-hydrogen) atoms. The van der Waals surface area contributed by atoms with E-state index in [0.717, 1.165) is 43.2 Å². The summed E-state index contributed by atoms with van der Waals surface area (Å²) in [6, 6.07) is 16.1. The monoisotopic (exact) mass is 357 g/mol. The molecule has 0 radical (unpaired) electrons. The van der Waals surface area contributed by atoms with Gasteiger partial charge in [0.05, 0.1) is 18.9 Å². The molecule has 3 rings (SSSR count). The molecule has 0 aliphatic carbocycles. The normalized spacial score (nSPS) is 15.9. The topological polar surface area (TPSA) is 73.7 Å². The van der Waals surface area contributed by atoms with Crippen molar-refractivity contribution in [2.75, 3.05) is 26.3 Å². The fourth-order valence-corrected chi connectivity index (χ4v) is 3.33. The Hall–Kier alpha value is -2.15. The number of morpholine rings is 1. The zero-order chi connectivity index (χ0) is 17.5. The van der Waals surface area contributed by atoms with Gasteiger partial charge in [-0.1, -0.05) is 12.1 Å². The third-order valence-electron chi connectivity index (χ3n) is 3.90. The standard InChI is InChI=1S/C19H23N3O2S/c20-13-19(21)16-3-5-17(6-4-16)24-14-15-1-7-18(8-2-15)25-22-9-11-23-12-10-22/h1-8,13H,9-12,14,20-21H2/b19-13-. The van der Waals surface area contributed by atoms with Crippen LogP contribution in [-0.2, 0) is 11.3 Å². The number of rotatable bonds is 6. The van der Waals surface area contributed by atoms with Crippen molar-refractivity contribution in [1.29, 1.82) is 0 Å². The SMILES string of the molecule is N/C=C(\N)c1ccc(OCc2ccc(SN3CCOCC3)cc2)cc1. The van der Waals surface area contributed by atoms with Gasteiger partial charge in [-0.25, -0.2) is 4.31 Å². The van der Waals surface area contributed by atoms with Crippen molar-refractivity contribution >= 4 is 17.6 Å². The number of nitrogens with zero attached hydrogens (tertiary/aromatic N) is 1. The molecule has 2 aromatic rings. The molecule has 0 aromatic heterocycles. The first-order valence-electron chi connectivity index (χ1n) is 8.25. The van der Waals surface area contributed by atoms with Gasteiger partial charge in [0.2, 0.25) is 0 Å². The summed E-state index contributed by atoms with van der Waals surface area (Å²) in [4.78, 5) is 1.24. The lowest BCUT2D eigenvalue weighted by Crippen LogP contribution is -2.30. The van der Waals surface area contributed by atoms with E-state index >= 15 is 0 Å². The third kappa shape index (κ3) is 5.16. The van der Waals surface area contributed by atoms with Crippen molar-refractivity contribution in [3.05, 3.63) is 65.9 Å². The van der Waals surface area contributed by atoms with Crippen molar-refractivity contribution in [3.8, 4) is 5.75 Å². The molecule has 6 heteroatoms. The largest absolute Gasteiger partial charge is 0.489 e. The first-order valence-corrected chi connectivity index (χ1v) is 9.02. The highest BCUT2D eigenvalue weighted by molar-refractivity contribution is 7.97. The van der Waals surface area contributed by atoms with E-state index in [-0.39, 0.29) is 0 Å². The van der Waals surface area contributed by atoms with Gasteiger partial charge in [0, 0.05) is 24.2 Å². The second-order valence-corrected chi connectivity index (χ2v) is 6.88. The summed E-state index contributed by atoms with van der Waals surface area (Å²) in [5.74, 6) is 0.806. The van der Waals surface area contributed by atoms with Crippen molar-refractivity contribution < 1.29 is 9.47 Å². The minimum atomic E-state index is 0.532. The van der Waals surface area contributed by atoms with Crippen LogP contribution in [0.2, 0.25) is 0 Å². The van der Waals surface area contributed by atoms with Gasteiger partial charge in [0.1, 0.15) is 12.4 Å². The number of ether oxygens (including phenoxy) is 2. The fourth-order valence-electron chi connectivity index (χ4n) is 2.44. The van der Waals surface area contributed by atoms with E-state index in [1.807, 2.05) is 24.3 Å². The Morgan fingerprint density at radius 2 is 1.76 bits per heavy atom. The predicted molar refractivity (Wildman–Crippen MR) is 102 cm³/mol. The van der Waals surface area contributed by atoms with Gasteiger partial charge in [-0.05, 0) is 59.5 Å². The second-order valence-electron chi connectivity index (χ2n) is 5.71. The van der Waals surface area contributed by atoms with E-state index in [1.165, 1.54) is 11.1 Å². The summed E-state index contributed by atoms with van der Waals surface area (Å²) in [5.41, 5.74) is 13.8. The molecule has 1 saturated heterocycles. The zero-order valence-corrected chi connectivity index (χ0v) is 14.9. The first kappa shape index (κ1) is 17.7. The molecule has 4 N–H and O–H groups in total. The van der Waals surface area contributed by atoms with E-state index in [9.17, 15) is 0 Å². The highest BCUT2D eigenvalue weighted by Gasteiger charge is 2.11. The smallest absolute Gasteiger partial charge is 0.119 e. The molecule has 0 spiro atoms. The summed E-state index contributed by atoms with van der Waals surface area (Å²) < 4.78 is 13.5. The Balaban J connectivity index is 1.51. The molecule has 1 aliphatic heterocycles. The Bertz CT molecular complexity index is 696. The Morgan fingerprint density at radius 1 is 1.08 bits per heavy atom. The van der Waals surface area contributed by atoms with Crippen LogP contribution in [0.25, 0.3) is 5.70 Å². The van der Waals surface area contributed by atoms with Gasteiger partial charge >= 0.3 is 0 Å². The lowest BCUT2D eigenvalue weighted by Gasteiger charge is -2.25. The average molecular weight is 357 g/mol. The van der Waals surface area contributed by atoms with Crippen molar-refractivity contribution in [2.45, 2.75) is 11.5 Å². The molecule has 0 atom stereocenters. The van der Waals surface area contributed by atoms with E-state index in [0.29, 0.717) is 12.3 Å². The molecule has 1 fully saturated rings. The second kappa shape index (κ2) is 8.80. The molecule has 0 saturated carbocycles. The van der Waals surface area contributed by atoms with E-state index in [4.69, 9.17) is 20.9 Å². The van der Waals surface area contributed by atoms with Gasteiger partial charge in [-0.2, -0.15) is 0 Å². The van der Waals surface area contributed by atoms with Gasteiger partial charge < -0.3 is 20.9 Å². The highest BCUT2D eigenvalue weighted by Crippen LogP contribution is 2.24. The third-order valence-corrected chi connectivity index (χ3v) is 5.01. The van der Waals surface area contributed by atoms with Crippen LogP contribution >= 0.6 is 11.9 Å². The van der Waals surface area contributed by atoms with E-state index in [1.54, 1.807) is 11.9 Å². The Labute approximate surface area is 152 Å². The average Bonchev–Trinajstić information content (AvgIpc) is 2.68. The lowest BCUT2D eigenvalue weighted by molar-refractivity contribution is 0.0773. The molecule has 0 bridgehead atoms. The fraction of sp³-hybridized carbons (Fsp3) is 0.263. The molecule has 0 unspecified atom stereocenters. The number of nitrogens with two attached hydrogens (primary N) is 2. The van der Waals surface area contributed by atoms with Crippen LogP contribution in [0.4, 0.5) is 0 Å². The van der Waals surface area contributed by atoms with Crippen LogP contribution in [0.3, 0.4) is 0 Å². The van der Waals surface area contributed by atoms with Gasteiger partial charge in [-0.15, -0.1) is 0 Å². The minimum absolute atomic E-state index is 0.532. The minimum Gasteiger partial charge on any atom is -0.489 e. The first-order chi connectivity index (χ1) is 12.2. The van der Waals surface area contributed by atoms with Crippen LogP contribution in [0.1, 0.15) is 11.1 Å². The maximum atomic E-state index is 5.82. The predicted octanol–water partition coefficient (Wildman–Crippen LogP) is 2.82. The summed E-state index contributed by atoms with van der Waals surface area (Å²) in [7, 11) is 0. The molecule has 1 heterocycles. The summed E-state index contributed by atoms with van der Waals surface area (Å²) >= 11 is 1.78. The molecular weight excluding hydrogens is 334 g/mol. The number of hydrogen-bond acceptors (Lipinski definition) is 6. The molecule has 2 aromatic carbocycles. The van der Waals surface area contributed by atoms with Crippen molar-refractivity contribution in [1.82, 2.24) is 4.31 Å². The van der Waals surface area contributed by atoms with Gasteiger partial charge in [0.15, 0.2) is 0 Å². The Morgan fingerprint density at radius 3 is 2.40 bits per heavy atom. The van der Waals surface area contributed by atoms with E-state index in [2.05, 4.69) is 28.6 Å². The number of benzene rings is 2. The summed E-state index contributed by atoms with van der Waals surface area (Å²) in [6.45, 7) is 4.09. The van der Waals surface area contributed by atoms with Gasteiger partial charge in [-0.3, -0.25) is 0 Å². The summed E-state index contributed by atoms with van der Waals surface area (Å²) in [6.07, 6.45) is 1.40. The molecule has 5 nitrogen and oxygen atoms in total. The molecule has 0 amide bonds.